The lowest BCUT2D eigenvalue weighted by molar-refractivity contribution is -0.128. The number of likely N-dealkylation sites (tertiary alicyclic amines) is 1. The third kappa shape index (κ3) is 5.11. The molecule has 4 nitrogen and oxygen atoms in total. The third-order valence-electron chi connectivity index (χ3n) is 4.93. The smallest absolute Gasteiger partial charge is 0.246 e. The van der Waals surface area contributed by atoms with Gasteiger partial charge in [-0.25, -0.2) is 0 Å². The lowest BCUT2D eigenvalue weighted by Gasteiger charge is -2.35. The molecule has 2 saturated heterocycles. The van der Waals surface area contributed by atoms with E-state index in [1.54, 1.807) is 6.08 Å². The van der Waals surface area contributed by atoms with Gasteiger partial charge < -0.3 is 15.0 Å². The van der Waals surface area contributed by atoms with Crippen molar-refractivity contribution in [3.63, 3.8) is 0 Å². The molecule has 2 heterocycles. The van der Waals surface area contributed by atoms with Gasteiger partial charge >= 0.3 is 0 Å². The first-order chi connectivity index (χ1) is 10.2. The number of piperidine rings is 1. The molecular formula is C17H30N2O2. The molecule has 0 spiro atoms. The predicted molar refractivity (Wildman–Crippen MR) is 85.1 cm³/mol. The second-order valence-corrected chi connectivity index (χ2v) is 6.44. The normalized spacial score (nSPS) is 28.2. The zero-order valence-electron chi connectivity index (χ0n) is 13.5. The lowest BCUT2D eigenvalue weighted by atomic mass is 9.85. The highest BCUT2D eigenvalue weighted by Gasteiger charge is 2.25. The summed E-state index contributed by atoms with van der Waals surface area (Å²) in [6, 6.07) is 0.453. The van der Waals surface area contributed by atoms with Gasteiger partial charge in [0.05, 0.1) is 6.61 Å². The molecule has 3 atom stereocenters. The Labute approximate surface area is 128 Å². The highest BCUT2D eigenvalue weighted by atomic mass is 16.5. The van der Waals surface area contributed by atoms with Crippen molar-refractivity contribution in [3.05, 3.63) is 12.2 Å². The van der Waals surface area contributed by atoms with Crippen molar-refractivity contribution in [2.45, 2.75) is 45.6 Å². The minimum absolute atomic E-state index is 0.174. The highest BCUT2D eigenvalue weighted by molar-refractivity contribution is 5.87. The van der Waals surface area contributed by atoms with Gasteiger partial charge in [-0.3, -0.25) is 4.79 Å². The second-order valence-electron chi connectivity index (χ2n) is 6.44. The van der Waals surface area contributed by atoms with Crippen LogP contribution in [0.2, 0.25) is 0 Å². The largest absolute Gasteiger partial charge is 0.380 e. The van der Waals surface area contributed by atoms with Gasteiger partial charge in [0, 0.05) is 38.4 Å². The van der Waals surface area contributed by atoms with E-state index in [4.69, 9.17) is 4.74 Å². The summed E-state index contributed by atoms with van der Waals surface area (Å²) in [4.78, 5) is 14.3. The van der Waals surface area contributed by atoms with Crippen molar-refractivity contribution in [1.29, 1.82) is 0 Å². The van der Waals surface area contributed by atoms with Crippen LogP contribution in [0.25, 0.3) is 0 Å². The van der Waals surface area contributed by atoms with E-state index in [0.29, 0.717) is 17.9 Å². The summed E-state index contributed by atoms with van der Waals surface area (Å²) >= 11 is 0. The monoisotopic (exact) mass is 294 g/mol. The van der Waals surface area contributed by atoms with E-state index in [9.17, 15) is 4.79 Å². The molecule has 1 amide bonds. The standard InChI is InChI=1S/C17H30N2O2/c1-3-14(2)15-6-5-10-19(12-15)17(20)7-4-9-18-16-8-11-21-13-16/h4,7,14-16,18H,3,5-6,8-13H2,1-2H3/b7-4+. The van der Waals surface area contributed by atoms with Gasteiger partial charge in [-0.1, -0.05) is 26.3 Å². The first kappa shape index (κ1) is 16.5. The predicted octanol–water partition coefficient (Wildman–Crippen LogP) is 2.21. The fraction of sp³-hybridized carbons (Fsp3) is 0.824. The van der Waals surface area contributed by atoms with Crippen LogP contribution in [0.15, 0.2) is 12.2 Å². The fourth-order valence-electron chi connectivity index (χ4n) is 3.20. The van der Waals surface area contributed by atoms with Crippen LogP contribution in [-0.2, 0) is 9.53 Å². The molecule has 0 aromatic carbocycles. The summed E-state index contributed by atoms with van der Waals surface area (Å²) in [7, 11) is 0. The molecule has 0 saturated carbocycles. The molecule has 21 heavy (non-hydrogen) atoms. The zero-order valence-corrected chi connectivity index (χ0v) is 13.5. The number of rotatable bonds is 6. The number of hydrogen-bond donors (Lipinski definition) is 1. The van der Waals surface area contributed by atoms with Crippen molar-refractivity contribution in [2.24, 2.45) is 11.8 Å². The summed E-state index contributed by atoms with van der Waals surface area (Å²) in [5.74, 6) is 1.57. The first-order valence-electron chi connectivity index (χ1n) is 8.47. The first-order valence-corrected chi connectivity index (χ1v) is 8.47. The minimum Gasteiger partial charge on any atom is -0.380 e. The zero-order chi connectivity index (χ0) is 15.1. The summed E-state index contributed by atoms with van der Waals surface area (Å²) in [5.41, 5.74) is 0. The van der Waals surface area contributed by atoms with E-state index < -0.39 is 0 Å². The molecule has 0 aromatic rings. The molecule has 0 bridgehead atoms. The minimum atomic E-state index is 0.174. The van der Waals surface area contributed by atoms with Crippen LogP contribution in [-0.4, -0.2) is 49.7 Å². The van der Waals surface area contributed by atoms with Gasteiger partial charge in [0.25, 0.3) is 0 Å². The maximum absolute atomic E-state index is 12.2. The molecule has 4 heteroatoms. The average Bonchev–Trinajstić information content (AvgIpc) is 3.04. The van der Waals surface area contributed by atoms with Gasteiger partial charge in [-0.15, -0.1) is 0 Å². The Morgan fingerprint density at radius 1 is 1.48 bits per heavy atom. The summed E-state index contributed by atoms with van der Waals surface area (Å²) < 4.78 is 5.31. The molecule has 1 N–H and O–H groups in total. The number of ether oxygens (including phenoxy) is 1. The third-order valence-corrected chi connectivity index (χ3v) is 4.93. The molecule has 0 aromatic heterocycles. The number of nitrogens with one attached hydrogen (secondary N) is 1. The molecule has 3 unspecified atom stereocenters. The van der Waals surface area contributed by atoms with Crippen LogP contribution in [0, 0.1) is 11.8 Å². The molecular weight excluding hydrogens is 264 g/mol. The van der Waals surface area contributed by atoms with Gasteiger partial charge in [-0.05, 0) is 31.1 Å². The molecule has 2 fully saturated rings. The lowest BCUT2D eigenvalue weighted by Crippen LogP contribution is -2.41. The van der Waals surface area contributed by atoms with E-state index in [-0.39, 0.29) is 5.91 Å². The summed E-state index contributed by atoms with van der Waals surface area (Å²) in [6.45, 7) is 8.80. The Kier molecular flexibility index (Phi) is 6.71. The maximum Gasteiger partial charge on any atom is 0.246 e. The van der Waals surface area contributed by atoms with Crippen LogP contribution in [0.3, 0.4) is 0 Å². The van der Waals surface area contributed by atoms with Crippen LogP contribution in [0.1, 0.15) is 39.5 Å². The van der Waals surface area contributed by atoms with Crippen LogP contribution < -0.4 is 5.32 Å². The van der Waals surface area contributed by atoms with Gasteiger partial charge in [0.1, 0.15) is 0 Å². The van der Waals surface area contributed by atoms with Gasteiger partial charge in [-0.2, -0.15) is 0 Å². The Morgan fingerprint density at radius 2 is 2.33 bits per heavy atom. The number of carbonyl (C=O) groups is 1. The van der Waals surface area contributed by atoms with E-state index in [1.807, 2.05) is 11.0 Å². The molecule has 0 radical (unpaired) electrons. The number of amides is 1. The Balaban J connectivity index is 1.71. The second kappa shape index (κ2) is 8.54. The highest BCUT2D eigenvalue weighted by Crippen LogP contribution is 2.25. The Bertz CT molecular complexity index is 351. The van der Waals surface area contributed by atoms with E-state index >= 15 is 0 Å². The SMILES string of the molecule is CCC(C)C1CCCN(C(=O)/C=C/CNC2CCOC2)C1. The van der Waals surface area contributed by atoms with Gasteiger partial charge in [0.2, 0.25) is 5.91 Å². The molecule has 2 aliphatic heterocycles. The van der Waals surface area contributed by atoms with Crippen molar-refractivity contribution in [1.82, 2.24) is 10.2 Å². The quantitative estimate of drug-likeness (QED) is 0.764. The van der Waals surface area contributed by atoms with Crippen molar-refractivity contribution >= 4 is 5.91 Å². The van der Waals surface area contributed by atoms with Crippen molar-refractivity contribution in [3.8, 4) is 0 Å². The Hall–Kier alpha value is -0.870. The molecule has 120 valence electrons. The van der Waals surface area contributed by atoms with Gasteiger partial charge in [0.15, 0.2) is 0 Å². The van der Waals surface area contributed by atoms with E-state index in [1.165, 1.54) is 12.8 Å². The van der Waals surface area contributed by atoms with Crippen LogP contribution in [0.5, 0.6) is 0 Å². The van der Waals surface area contributed by atoms with Crippen molar-refractivity contribution < 1.29 is 9.53 Å². The van der Waals surface area contributed by atoms with Crippen LogP contribution in [0.4, 0.5) is 0 Å². The number of carbonyl (C=O) groups excluding carboxylic acids is 1. The fourth-order valence-corrected chi connectivity index (χ4v) is 3.20. The molecule has 2 rings (SSSR count). The number of nitrogens with zero attached hydrogens (tertiary/aromatic N) is 1. The van der Waals surface area contributed by atoms with Crippen molar-refractivity contribution in [2.75, 3.05) is 32.8 Å². The maximum atomic E-state index is 12.2. The number of hydrogen-bond acceptors (Lipinski definition) is 3. The van der Waals surface area contributed by atoms with E-state index in [0.717, 1.165) is 45.7 Å². The molecule has 2 aliphatic rings. The summed E-state index contributed by atoms with van der Waals surface area (Å²) in [6.07, 6.45) is 8.38. The molecule has 0 aliphatic carbocycles. The van der Waals surface area contributed by atoms with Crippen LogP contribution >= 0.6 is 0 Å². The Morgan fingerprint density at radius 3 is 3.05 bits per heavy atom. The average molecular weight is 294 g/mol. The van der Waals surface area contributed by atoms with E-state index in [2.05, 4.69) is 19.2 Å². The summed E-state index contributed by atoms with van der Waals surface area (Å²) in [5, 5.41) is 3.39. The topological polar surface area (TPSA) is 41.6 Å².